The number of oxazole rings is 1. The standard InChI is InChI=1S/C19H23ClN2O4/c1-11(2)8-16-22-12(3)17(26-16)19(23)21-5-4-13-9-14(20)18-15(10-13)24-6-7-25-18/h9-11H,4-8H2,1-3H3,(H,21,23). The highest BCUT2D eigenvalue weighted by atomic mass is 35.5. The first-order chi connectivity index (χ1) is 12.4. The predicted molar refractivity (Wildman–Crippen MR) is 98.3 cm³/mol. The Kier molecular flexibility index (Phi) is 5.71. The Morgan fingerprint density at radius 3 is 2.85 bits per heavy atom. The SMILES string of the molecule is Cc1nc(CC(C)C)oc1C(=O)NCCc1cc(Cl)c2c(c1)OCCO2. The molecule has 0 unspecified atom stereocenters. The minimum atomic E-state index is -0.256. The lowest BCUT2D eigenvalue weighted by molar-refractivity contribution is 0.0923. The molecule has 1 aliphatic rings. The molecule has 0 atom stereocenters. The number of fused-ring (bicyclic) bond motifs is 1. The van der Waals surface area contributed by atoms with Gasteiger partial charge in [0, 0.05) is 13.0 Å². The molecular weight excluding hydrogens is 356 g/mol. The molecule has 0 fully saturated rings. The number of halogens is 1. The number of hydrogen-bond acceptors (Lipinski definition) is 5. The van der Waals surface area contributed by atoms with Gasteiger partial charge in [0.15, 0.2) is 17.4 Å². The highest BCUT2D eigenvalue weighted by molar-refractivity contribution is 6.32. The molecule has 26 heavy (non-hydrogen) atoms. The molecule has 2 heterocycles. The number of carbonyl (C=O) groups is 1. The average molecular weight is 379 g/mol. The van der Waals surface area contributed by atoms with Crippen LogP contribution in [0, 0.1) is 12.8 Å². The van der Waals surface area contributed by atoms with Crippen molar-refractivity contribution in [3.8, 4) is 11.5 Å². The monoisotopic (exact) mass is 378 g/mol. The van der Waals surface area contributed by atoms with Crippen LogP contribution in [0.3, 0.4) is 0 Å². The quantitative estimate of drug-likeness (QED) is 0.831. The van der Waals surface area contributed by atoms with E-state index >= 15 is 0 Å². The van der Waals surface area contributed by atoms with E-state index in [-0.39, 0.29) is 11.7 Å². The van der Waals surface area contributed by atoms with Crippen molar-refractivity contribution in [2.75, 3.05) is 19.8 Å². The van der Waals surface area contributed by atoms with Crippen molar-refractivity contribution in [2.24, 2.45) is 5.92 Å². The third-order valence-electron chi connectivity index (χ3n) is 3.99. The van der Waals surface area contributed by atoms with Gasteiger partial charge in [-0.05, 0) is 37.0 Å². The summed E-state index contributed by atoms with van der Waals surface area (Å²) in [6.45, 7) is 7.40. The van der Waals surface area contributed by atoms with Crippen LogP contribution in [0.25, 0.3) is 0 Å². The lowest BCUT2D eigenvalue weighted by atomic mass is 10.1. The molecule has 0 bridgehead atoms. The molecule has 140 valence electrons. The fraction of sp³-hybridized carbons (Fsp3) is 0.474. The van der Waals surface area contributed by atoms with E-state index in [9.17, 15) is 4.79 Å². The molecule has 0 saturated carbocycles. The molecule has 6 nitrogen and oxygen atoms in total. The van der Waals surface area contributed by atoms with Crippen molar-refractivity contribution in [1.29, 1.82) is 0 Å². The number of rotatable bonds is 6. The fourth-order valence-electron chi connectivity index (χ4n) is 2.81. The second kappa shape index (κ2) is 7.99. The Balaban J connectivity index is 1.59. The summed E-state index contributed by atoms with van der Waals surface area (Å²) < 4.78 is 16.7. The number of aromatic nitrogens is 1. The Labute approximate surface area is 157 Å². The smallest absolute Gasteiger partial charge is 0.289 e. The van der Waals surface area contributed by atoms with E-state index in [1.165, 1.54) is 0 Å². The van der Waals surface area contributed by atoms with Gasteiger partial charge < -0.3 is 19.2 Å². The molecule has 0 aliphatic carbocycles. The molecule has 1 aliphatic heterocycles. The molecule has 1 aromatic carbocycles. The molecule has 0 radical (unpaired) electrons. The minimum Gasteiger partial charge on any atom is -0.486 e. The van der Waals surface area contributed by atoms with Gasteiger partial charge in [-0.3, -0.25) is 4.79 Å². The van der Waals surface area contributed by atoms with Crippen LogP contribution < -0.4 is 14.8 Å². The number of hydrogen-bond donors (Lipinski definition) is 1. The van der Waals surface area contributed by atoms with Crippen LogP contribution in [0.15, 0.2) is 16.5 Å². The first-order valence-corrected chi connectivity index (χ1v) is 9.14. The summed E-state index contributed by atoms with van der Waals surface area (Å²) in [4.78, 5) is 16.7. The van der Waals surface area contributed by atoms with Crippen molar-refractivity contribution in [3.05, 3.63) is 40.1 Å². The average Bonchev–Trinajstić information content (AvgIpc) is 2.94. The number of nitrogens with zero attached hydrogens (tertiary/aromatic N) is 1. The largest absolute Gasteiger partial charge is 0.486 e. The van der Waals surface area contributed by atoms with Gasteiger partial charge in [-0.15, -0.1) is 0 Å². The third kappa shape index (κ3) is 4.30. The lowest BCUT2D eigenvalue weighted by Crippen LogP contribution is -2.26. The second-order valence-electron chi connectivity index (χ2n) is 6.73. The van der Waals surface area contributed by atoms with Crippen LogP contribution in [0.2, 0.25) is 5.02 Å². The van der Waals surface area contributed by atoms with Gasteiger partial charge in [0.2, 0.25) is 5.76 Å². The summed E-state index contributed by atoms with van der Waals surface area (Å²) in [6.07, 6.45) is 1.33. The topological polar surface area (TPSA) is 73.6 Å². The molecule has 7 heteroatoms. The Hall–Kier alpha value is -2.21. The van der Waals surface area contributed by atoms with Crippen LogP contribution >= 0.6 is 11.6 Å². The van der Waals surface area contributed by atoms with Gasteiger partial charge in [-0.25, -0.2) is 4.98 Å². The van der Waals surface area contributed by atoms with E-state index in [2.05, 4.69) is 24.1 Å². The zero-order valence-corrected chi connectivity index (χ0v) is 16.0. The summed E-state index contributed by atoms with van der Waals surface area (Å²) >= 11 is 6.23. The molecular formula is C19H23ClN2O4. The van der Waals surface area contributed by atoms with Crippen molar-refractivity contribution >= 4 is 17.5 Å². The zero-order chi connectivity index (χ0) is 18.7. The number of benzene rings is 1. The van der Waals surface area contributed by atoms with E-state index in [4.69, 9.17) is 25.5 Å². The molecule has 3 rings (SSSR count). The summed E-state index contributed by atoms with van der Waals surface area (Å²) in [5.74, 6) is 2.27. The predicted octanol–water partition coefficient (Wildman–Crippen LogP) is 3.58. The number of carbonyl (C=O) groups excluding carboxylic acids is 1. The van der Waals surface area contributed by atoms with Gasteiger partial charge in [0.05, 0.1) is 10.7 Å². The first-order valence-electron chi connectivity index (χ1n) is 8.76. The minimum absolute atomic E-state index is 0.256. The van der Waals surface area contributed by atoms with E-state index in [0.717, 1.165) is 5.56 Å². The van der Waals surface area contributed by atoms with Gasteiger partial charge in [-0.2, -0.15) is 0 Å². The summed E-state index contributed by atoms with van der Waals surface area (Å²) in [5.41, 5.74) is 1.58. The molecule has 1 amide bonds. The van der Waals surface area contributed by atoms with E-state index in [0.29, 0.717) is 66.6 Å². The van der Waals surface area contributed by atoms with E-state index in [1.54, 1.807) is 6.92 Å². The van der Waals surface area contributed by atoms with Crippen molar-refractivity contribution in [3.63, 3.8) is 0 Å². The molecule has 0 saturated heterocycles. The van der Waals surface area contributed by atoms with Crippen molar-refractivity contribution < 1.29 is 18.7 Å². The fourth-order valence-corrected chi connectivity index (χ4v) is 3.10. The number of amides is 1. The second-order valence-corrected chi connectivity index (χ2v) is 7.14. The van der Waals surface area contributed by atoms with E-state index < -0.39 is 0 Å². The normalized spacial score (nSPS) is 13.1. The Morgan fingerprint density at radius 1 is 1.31 bits per heavy atom. The van der Waals surface area contributed by atoms with Gasteiger partial charge in [0.25, 0.3) is 5.91 Å². The highest BCUT2D eigenvalue weighted by Gasteiger charge is 2.19. The van der Waals surface area contributed by atoms with Gasteiger partial charge in [-0.1, -0.05) is 25.4 Å². The Morgan fingerprint density at radius 2 is 2.08 bits per heavy atom. The van der Waals surface area contributed by atoms with Crippen LogP contribution in [0.5, 0.6) is 11.5 Å². The summed E-state index contributed by atoms with van der Waals surface area (Å²) in [5, 5.41) is 3.39. The summed E-state index contributed by atoms with van der Waals surface area (Å²) in [6, 6.07) is 3.73. The third-order valence-corrected chi connectivity index (χ3v) is 4.27. The van der Waals surface area contributed by atoms with Crippen molar-refractivity contribution in [1.82, 2.24) is 10.3 Å². The highest BCUT2D eigenvalue weighted by Crippen LogP contribution is 2.38. The number of ether oxygens (including phenoxy) is 2. The lowest BCUT2D eigenvalue weighted by Gasteiger charge is -2.20. The zero-order valence-electron chi connectivity index (χ0n) is 15.2. The Bertz CT molecular complexity index is 801. The van der Waals surface area contributed by atoms with Gasteiger partial charge in [0.1, 0.15) is 13.2 Å². The van der Waals surface area contributed by atoms with Crippen LogP contribution in [-0.2, 0) is 12.8 Å². The van der Waals surface area contributed by atoms with Crippen molar-refractivity contribution in [2.45, 2.75) is 33.6 Å². The maximum atomic E-state index is 12.3. The molecule has 1 N–H and O–H groups in total. The summed E-state index contributed by atoms with van der Waals surface area (Å²) in [7, 11) is 0. The maximum Gasteiger partial charge on any atom is 0.289 e. The van der Waals surface area contributed by atoms with Crippen LogP contribution in [-0.4, -0.2) is 30.6 Å². The van der Waals surface area contributed by atoms with Crippen LogP contribution in [0.4, 0.5) is 0 Å². The number of aryl methyl sites for hydroxylation is 1. The maximum absolute atomic E-state index is 12.3. The number of nitrogens with one attached hydrogen (secondary N) is 1. The molecule has 1 aromatic heterocycles. The van der Waals surface area contributed by atoms with Crippen LogP contribution in [0.1, 0.15) is 41.6 Å². The molecule has 0 spiro atoms. The first kappa shape index (κ1) is 18.6. The van der Waals surface area contributed by atoms with E-state index in [1.807, 2.05) is 12.1 Å². The molecule has 2 aromatic rings. The van der Waals surface area contributed by atoms with Gasteiger partial charge >= 0.3 is 0 Å².